The van der Waals surface area contributed by atoms with E-state index in [1.807, 2.05) is 30.3 Å². The van der Waals surface area contributed by atoms with Gasteiger partial charge in [0, 0.05) is 0 Å². The van der Waals surface area contributed by atoms with E-state index in [1.165, 1.54) is 7.11 Å². The molecule has 21 heavy (non-hydrogen) atoms. The summed E-state index contributed by atoms with van der Waals surface area (Å²) in [6.45, 7) is 2.39. The highest BCUT2D eigenvalue weighted by atomic mass is 16.5. The number of hydrogen-bond donors (Lipinski definition) is 4. The van der Waals surface area contributed by atoms with Crippen LogP contribution in [0.3, 0.4) is 0 Å². The summed E-state index contributed by atoms with van der Waals surface area (Å²) in [5.41, 5.74) is 15.7. The van der Waals surface area contributed by atoms with Crippen LogP contribution in [0, 0.1) is 0 Å². The summed E-state index contributed by atoms with van der Waals surface area (Å²) < 4.78 is 4.60. The molecule has 0 bridgehead atoms. The van der Waals surface area contributed by atoms with Crippen LogP contribution in [0.25, 0.3) is 0 Å². The number of methoxy groups -OCH3 is 1. The maximum absolute atomic E-state index is 11.3. The number of hydrogen-bond acceptors (Lipinski definition) is 6. The van der Waals surface area contributed by atoms with Crippen LogP contribution in [0.1, 0.15) is 12.5 Å². The van der Waals surface area contributed by atoms with Crippen molar-refractivity contribution >= 4 is 11.9 Å². The second-order valence-corrected chi connectivity index (χ2v) is 4.69. The predicted molar refractivity (Wildman–Crippen MR) is 78.3 cm³/mol. The van der Waals surface area contributed by atoms with Crippen LogP contribution in [0.15, 0.2) is 35.3 Å². The van der Waals surface area contributed by atoms with Crippen molar-refractivity contribution in [3.05, 3.63) is 35.9 Å². The van der Waals surface area contributed by atoms with Crippen LogP contribution in [0.4, 0.5) is 0 Å². The molecule has 0 saturated carbocycles. The first-order chi connectivity index (χ1) is 10.1. The maximum Gasteiger partial charge on any atom is 0.324 e. The highest BCUT2D eigenvalue weighted by Gasteiger charge is 2.23. The molecule has 1 heterocycles. The second kappa shape index (κ2) is 7.02. The Kier molecular flexibility index (Phi) is 5.09. The fourth-order valence-electron chi connectivity index (χ4n) is 1.83. The number of guanidine groups is 1. The number of aliphatic imine (C=N–C) groups is 1. The third-order valence-electron chi connectivity index (χ3n) is 3.06. The van der Waals surface area contributed by atoms with Gasteiger partial charge in [-0.15, -0.1) is 10.7 Å². The zero-order valence-electron chi connectivity index (χ0n) is 12.0. The zero-order chi connectivity index (χ0) is 15.2. The number of rotatable bonds is 5. The van der Waals surface area contributed by atoms with Gasteiger partial charge in [-0.25, -0.2) is 4.99 Å². The fraction of sp³-hybridized carbons (Fsp3) is 0.385. The molecule has 5 N–H and O–H groups in total. The first kappa shape index (κ1) is 15.2. The molecule has 1 aromatic carbocycles. The minimum absolute atomic E-state index is 0.411. The first-order valence-corrected chi connectivity index (χ1v) is 6.61. The maximum atomic E-state index is 11.3. The molecule has 2 rings (SSSR count). The van der Waals surface area contributed by atoms with E-state index in [0.29, 0.717) is 12.5 Å². The molecule has 1 aromatic rings. The van der Waals surface area contributed by atoms with Gasteiger partial charge in [0.1, 0.15) is 6.04 Å². The van der Waals surface area contributed by atoms with Crippen molar-refractivity contribution in [2.75, 3.05) is 7.11 Å². The lowest BCUT2D eigenvalue weighted by atomic mass is 10.2. The van der Waals surface area contributed by atoms with Gasteiger partial charge in [-0.05, 0) is 12.5 Å². The topological polar surface area (TPSA) is 104 Å². The van der Waals surface area contributed by atoms with E-state index in [4.69, 9.17) is 5.73 Å². The van der Waals surface area contributed by atoms with Crippen molar-refractivity contribution in [1.82, 2.24) is 21.5 Å². The van der Waals surface area contributed by atoms with Gasteiger partial charge < -0.3 is 10.5 Å². The average molecular weight is 292 g/mol. The van der Waals surface area contributed by atoms with Crippen molar-refractivity contribution in [1.29, 1.82) is 0 Å². The number of nitrogens with one attached hydrogen (secondary N) is 3. The van der Waals surface area contributed by atoms with Crippen LogP contribution in [-0.4, -0.2) is 36.2 Å². The molecule has 1 aliphatic heterocycles. The number of carbonyl (C=O) groups is 1. The van der Waals surface area contributed by atoms with E-state index in [1.54, 1.807) is 12.0 Å². The molecule has 1 fully saturated rings. The summed E-state index contributed by atoms with van der Waals surface area (Å²) in [5, 5.41) is 1.74. The van der Waals surface area contributed by atoms with Gasteiger partial charge in [0.2, 0.25) is 5.96 Å². The van der Waals surface area contributed by atoms with Crippen LogP contribution in [-0.2, 0) is 16.1 Å². The molecular formula is C13H20N6O2. The SMILES string of the molecule is COC(=O)C(N)C(C)N=C1NNN(Cc2ccccc2)N1. The van der Waals surface area contributed by atoms with E-state index in [-0.39, 0.29) is 0 Å². The number of esters is 1. The number of nitrogens with two attached hydrogens (primary N) is 1. The Morgan fingerprint density at radius 1 is 1.43 bits per heavy atom. The van der Waals surface area contributed by atoms with Crippen LogP contribution in [0.2, 0.25) is 0 Å². The third kappa shape index (κ3) is 4.15. The highest BCUT2D eigenvalue weighted by molar-refractivity contribution is 5.81. The van der Waals surface area contributed by atoms with E-state index < -0.39 is 18.1 Å². The van der Waals surface area contributed by atoms with E-state index in [9.17, 15) is 4.79 Å². The summed E-state index contributed by atoms with van der Waals surface area (Å²) in [4.78, 5) is 15.7. The Morgan fingerprint density at radius 3 is 2.81 bits per heavy atom. The second-order valence-electron chi connectivity index (χ2n) is 4.69. The van der Waals surface area contributed by atoms with Gasteiger partial charge in [-0.3, -0.25) is 15.6 Å². The Labute approximate surface area is 123 Å². The van der Waals surface area contributed by atoms with Gasteiger partial charge in [0.15, 0.2) is 0 Å². The van der Waals surface area contributed by atoms with E-state index in [2.05, 4.69) is 26.1 Å². The molecule has 8 nitrogen and oxygen atoms in total. The minimum atomic E-state index is -0.797. The first-order valence-electron chi connectivity index (χ1n) is 6.61. The number of ether oxygens (including phenoxy) is 1. The van der Waals surface area contributed by atoms with Crippen molar-refractivity contribution in [3.63, 3.8) is 0 Å². The van der Waals surface area contributed by atoms with Gasteiger partial charge in [0.25, 0.3) is 0 Å². The molecule has 0 spiro atoms. The molecule has 0 aromatic heterocycles. The van der Waals surface area contributed by atoms with Crippen molar-refractivity contribution in [2.24, 2.45) is 10.7 Å². The normalized spacial score (nSPS) is 19.7. The quantitative estimate of drug-likeness (QED) is 0.530. The van der Waals surface area contributed by atoms with Crippen molar-refractivity contribution in [3.8, 4) is 0 Å². The van der Waals surface area contributed by atoms with Crippen molar-refractivity contribution in [2.45, 2.75) is 25.6 Å². The van der Waals surface area contributed by atoms with E-state index in [0.717, 1.165) is 5.56 Å². The summed E-state index contributed by atoms with van der Waals surface area (Å²) in [5.74, 6) is 0.0109. The van der Waals surface area contributed by atoms with Gasteiger partial charge >= 0.3 is 5.97 Å². The Bertz CT molecular complexity index is 507. The summed E-state index contributed by atoms with van der Waals surface area (Å²) in [7, 11) is 1.30. The Hall–Kier alpha value is -2.16. The Morgan fingerprint density at radius 2 is 2.14 bits per heavy atom. The van der Waals surface area contributed by atoms with Crippen LogP contribution < -0.4 is 22.1 Å². The smallest absolute Gasteiger partial charge is 0.324 e. The molecule has 0 radical (unpaired) electrons. The van der Waals surface area contributed by atoms with Crippen LogP contribution >= 0.6 is 0 Å². The van der Waals surface area contributed by atoms with Crippen LogP contribution in [0.5, 0.6) is 0 Å². The predicted octanol–water partition coefficient (Wildman–Crippen LogP) is -0.739. The number of benzene rings is 1. The monoisotopic (exact) mass is 292 g/mol. The van der Waals surface area contributed by atoms with Gasteiger partial charge in [-0.2, -0.15) is 0 Å². The minimum Gasteiger partial charge on any atom is -0.468 e. The highest BCUT2D eigenvalue weighted by Crippen LogP contribution is 2.03. The van der Waals surface area contributed by atoms with Crippen molar-refractivity contribution < 1.29 is 9.53 Å². The fourth-order valence-corrected chi connectivity index (χ4v) is 1.83. The van der Waals surface area contributed by atoms with E-state index >= 15 is 0 Å². The summed E-state index contributed by atoms with van der Waals surface area (Å²) in [6, 6.07) is 8.76. The molecule has 1 saturated heterocycles. The number of nitrogens with zero attached hydrogens (tertiary/aromatic N) is 2. The molecule has 0 amide bonds. The summed E-state index contributed by atoms with van der Waals surface area (Å²) >= 11 is 0. The third-order valence-corrected chi connectivity index (χ3v) is 3.06. The largest absolute Gasteiger partial charge is 0.468 e. The molecule has 1 aliphatic rings. The summed E-state index contributed by atoms with van der Waals surface area (Å²) in [6.07, 6.45) is 0. The lowest BCUT2D eigenvalue weighted by Crippen LogP contribution is -2.42. The lowest BCUT2D eigenvalue weighted by Gasteiger charge is -2.15. The Balaban J connectivity index is 1.89. The molecule has 8 heteroatoms. The number of hydrazine groups is 3. The molecular weight excluding hydrogens is 272 g/mol. The zero-order valence-corrected chi connectivity index (χ0v) is 12.0. The van der Waals surface area contributed by atoms with Gasteiger partial charge in [-0.1, -0.05) is 30.3 Å². The lowest BCUT2D eigenvalue weighted by molar-refractivity contribution is -0.142. The number of carbonyl (C=O) groups excluding carboxylic acids is 1. The average Bonchev–Trinajstić information content (AvgIpc) is 2.93. The molecule has 2 unspecified atom stereocenters. The molecule has 2 atom stereocenters. The molecule has 0 aliphatic carbocycles. The standard InChI is InChI=1S/C13H20N6O2/c1-9(11(14)12(20)21-2)15-13-16-18-19(17-13)8-10-6-4-3-5-7-10/h3-7,9,11,18H,8,14H2,1-2H3,(H2,15,16,17). The van der Waals surface area contributed by atoms with Gasteiger partial charge in [0.05, 0.1) is 19.7 Å². The molecule has 114 valence electrons.